The van der Waals surface area contributed by atoms with Gasteiger partial charge in [0.1, 0.15) is 5.75 Å². The molecule has 0 saturated carbocycles. The number of phenolic OH excluding ortho intramolecular Hbond substituents is 1. The molecule has 0 fully saturated rings. The Kier molecular flexibility index (Phi) is 2.90. The van der Waals surface area contributed by atoms with Crippen LogP contribution in [0.15, 0.2) is 24.3 Å². The van der Waals surface area contributed by atoms with Crippen LogP contribution in [0.4, 0.5) is 0 Å². The second-order valence-electron chi connectivity index (χ2n) is 2.84. The smallest absolute Gasteiger partial charge is 0.312 e. The predicted molar refractivity (Wildman–Crippen MR) is 48.5 cm³/mol. The lowest BCUT2D eigenvalue weighted by molar-refractivity contribution is -0.141. The highest BCUT2D eigenvalue weighted by atomic mass is 16.5. The van der Waals surface area contributed by atoms with Crippen LogP contribution >= 0.6 is 0 Å². The molecule has 0 unspecified atom stereocenters. The molecule has 3 heteroatoms. The fourth-order valence-electron chi connectivity index (χ4n) is 1.08. The minimum Gasteiger partial charge on any atom is -0.508 e. The third-order valence-corrected chi connectivity index (χ3v) is 1.95. The molecule has 13 heavy (non-hydrogen) atoms. The zero-order valence-electron chi connectivity index (χ0n) is 7.65. The van der Waals surface area contributed by atoms with Gasteiger partial charge in [-0.05, 0) is 24.6 Å². The maximum absolute atomic E-state index is 11.1. The molecule has 0 aliphatic carbocycles. The van der Waals surface area contributed by atoms with Crippen LogP contribution < -0.4 is 0 Å². The van der Waals surface area contributed by atoms with Crippen LogP contribution in [-0.2, 0) is 9.53 Å². The van der Waals surface area contributed by atoms with E-state index in [0.29, 0.717) is 0 Å². The molecule has 0 aliphatic rings. The van der Waals surface area contributed by atoms with Gasteiger partial charge in [0.15, 0.2) is 0 Å². The van der Waals surface area contributed by atoms with Gasteiger partial charge >= 0.3 is 5.97 Å². The Hall–Kier alpha value is -1.51. The van der Waals surface area contributed by atoms with Crippen LogP contribution in [0.2, 0.25) is 0 Å². The lowest BCUT2D eigenvalue weighted by Gasteiger charge is -2.08. The van der Waals surface area contributed by atoms with Gasteiger partial charge in [-0.2, -0.15) is 0 Å². The topological polar surface area (TPSA) is 46.5 Å². The SMILES string of the molecule is COC(=O)[C@@H](C)c1ccc(O)cc1. The summed E-state index contributed by atoms with van der Waals surface area (Å²) in [5.41, 5.74) is 0.838. The maximum Gasteiger partial charge on any atom is 0.312 e. The largest absolute Gasteiger partial charge is 0.508 e. The van der Waals surface area contributed by atoms with Gasteiger partial charge in [0, 0.05) is 0 Å². The molecule has 1 aromatic carbocycles. The Bertz CT molecular complexity index is 290. The molecular weight excluding hydrogens is 168 g/mol. The maximum atomic E-state index is 11.1. The van der Waals surface area contributed by atoms with E-state index in [4.69, 9.17) is 5.11 Å². The van der Waals surface area contributed by atoms with Gasteiger partial charge in [-0.1, -0.05) is 12.1 Å². The van der Waals surface area contributed by atoms with Gasteiger partial charge < -0.3 is 9.84 Å². The molecular formula is C10H12O3. The fraction of sp³-hybridized carbons (Fsp3) is 0.300. The molecule has 1 N–H and O–H groups in total. The van der Waals surface area contributed by atoms with E-state index in [2.05, 4.69) is 4.74 Å². The van der Waals surface area contributed by atoms with Crippen molar-refractivity contribution in [3.05, 3.63) is 29.8 Å². The average molecular weight is 180 g/mol. The van der Waals surface area contributed by atoms with Crippen molar-refractivity contribution >= 4 is 5.97 Å². The molecule has 70 valence electrons. The molecule has 0 spiro atoms. The van der Waals surface area contributed by atoms with E-state index >= 15 is 0 Å². The molecule has 3 nitrogen and oxygen atoms in total. The Morgan fingerprint density at radius 3 is 2.38 bits per heavy atom. The number of hydrogen-bond acceptors (Lipinski definition) is 3. The lowest BCUT2D eigenvalue weighted by Crippen LogP contribution is -2.10. The summed E-state index contributed by atoms with van der Waals surface area (Å²) in [7, 11) is 1.36. The van der Waals surface area contributed by atoms with Crippen molar-refractivity contribution in [2.45, 2.75) is 12.8 Å². The summed E-state index contributed by atoms with van der Waals surface area (Å²) in [4.78, 5) is 11.1. The third-order valence-electron chi connectivity index (χ3n) is 1.95. The Morgan fingerprint density at radius 1 is 1.38 bits per heavy atom. The van der Waals surface area contributed by atoms with Gasteiger partial charge in [0.2, 0.25) is 0 Å². The van der Waals surface area contributed by atoms with Crippen molar-refractivity contribution in [3.63, 3.8) is 0 Å². The number of benzene rings is 1. The van der Waals surface area contributed by atoms with Gasteiger partial charge in [-0.3, -0.25) is 4.79 Å². The van der Waals surface area contributed by atoms with E-state index in [1.165, 1.54) is 7.11 Å². The highest BCUT2D eigenvalue weighted by Gasteiger charge is 2.14. The molecule has 1 atom stereocenters. The molecule has 0 amide bonds. The first-order valence-corrected chi connectivity index (χ1v) is 4.02. The highest BCUT2D eigenvalue weighted by Crippen LogP contribution is 2.19. The number of rotatable bonds is 2. The molecule has 0 saturated heterocycles. The number of aromatic hydroxyl groups is 1. The first-order chi connectivity index (χ1) is 6.15. The van der Waals surface area contributed by atoms with Crippen LogP contribution in [0.1, 0.15) is 18.4 Å². The number of carbonyl (C=O) groups excluding carboxylic acids is 1. The summed E-state index contributed by atoms with van der Waals surface area (Å²) in [5.74, 6) is -0.364. The van der Waals surface area contributed by atoms with Crippen molar-refractivity contribution in [2.24, 2.45) is 0 Å². The molecule has 0 bridgehead atoms. The highest BCUT2D eigenvalue weighted by molar-refractivity contribution is 5.77. The third kappa shape index (κ3) is 2.21. The minimum absolute atomic E-state index is 0.195. The normalized spacial score (nSPS) is 12.2. The van der Waals surface area contributed by atoms with Gasteiger partial charge in [-0.25, -0.2) is 0 Å². The Labute approximate surface area is 77.0 Å². The average Bonchev–Trinajstić information content (AvgIpc) is 2.17. The van der Waals surface area contributed by atoms with Crippen molar-refractivity contribution in [1.29, 1.82) is 0 Å². The first kappa shape index (κ1) is 9.58. The Morgan fingerprint density at radius 2 is 1.92 bits per heavy atom. The van der Waals surface area contributed by atoms with Crippen LogP contribution in [0.5, 0.6) is 5.75 Å². The van der Waals surface area contributed by atoms with E-state index in [1.54, 1.807) is 31.2 Å². The van der Waals surface area contributed by atoms with E-state index in [1.807, 2.05) is 0 Å². The van der Waals surface area contributed by atoms with Gasteiger partial charge in [0.25, 0.3) is 0 Å². The molecule has 0 aliphatic heterocycles. The lowest BCUT2D eigenvalue weighted by atomic mass is 10.0. The van der Waals surface area contributed by atoms with Gasteiger partial charge in [-0.15, -0.1) is 0 Å². The number of esters is 1. The minimum atomic E-state index is -0.286. The second kappa shape index (κ2) is 3.94. The second-order valence-corrected chi connectivity index (χ2v) is 2.84. The van der Waals surface area contributed by atoms with Crippen LogP contribution in [-0.4, -0.2) is 18.2 Å². The number of phenols is 1. The number of carbonyl (C=O) groups is 1. The summed E-state index contributed by atoms with van der Waals surface area (Å²) in [6.07, 6.45) is 0. The number of methoxy groups -OCH3 is 1. The van der Waals surface area contributed by atoms with Crippen LogP contribution in [0, 0.1) is 0 Å². The summed E-state index contributed by atoms with van der Waals surface area (Å²) >= 11 is 0. The van der Waals surface area contributed by atoms with Crippen molar-refractivity contribution in [2.75, 3.05) is 7.11 Å². The quantitative estimate of drug-likeness (QED) is 0.704. The summed E-state index contributed by atoms with van der Waals surface area (Å²) in [6, 6.07) is 6.51. The van der Waals surface area contributed by atoms with Crippen molar-refractivity contribution < 1.29 is 14.6 Å². The standard InChI is InChI=1S/C10H12O3/c1-7(10(12)13-2)8-3-5-9(11)6-4-8/h3-7,11H,1-2H3/t7-/m0/s1. The van der Waals surface area contributed by atoms with E-state index in [-0.39, 0.29) is 17.6 Å². The molecule has 0 heterocycles. The number of ether oxygens (including phenoxy) is 1. The van der Waals surface area contributed by atoms with Crippen molar-refractivity contribution in [3.8, 4) is 5.75 Å². The monoisotopic (exact) mass is 180 g/mol. The Balaban J connectivity index is 2.83. The summed E-state index contributed by atoms with van der Waals surface area (Å²) in [5, 5.41) is 9.02. The van der Waals surface area contributed by atoms with E-state index in [9.17, 15) is 4.79 Å². The first-order valence-electron chi connectivity index (χ1n) is 4.02. The summed E-state index contributed by atoms with van der Waals surface area (Å²) in [6.45, 7) is 1.76. The van der Waals surface area contributed by atoms with Gasteiger partial charge in [0.05, 0.1) is 13.0 Å². The van der Waals surface area contributed by atoms with Crippen LogP contribution in [0.3, 0.4) is 0 Å². The number of hydrogen-bond donors (Lipinski definition) is 1. The van der Waals surface area contributed by atoms with Crippen LogP contribution in [0.25, 0.3) is 0 Å². The molecule has 0 aromatic heterocycles. The summed E-state index contributed by atoms with van der Waals surface area (Å²) < 4.78 is 4.60. The van der Waals surface area contributed by atoms with E-state index < -0.39 is 0 Å². The zero-order valence-corrected chi connectivity index (χ0v) is 7.65. The zero-order chi connectivity index (χ0) is 9.84. The molecule has 1 aromatic rings. The van der Waals surface area contributed by atoms with E-state index in [0.717, 1.165) is 5.56 Å². The predicted octanol–water partition coefficient (Wildman–Crippen LogP) is 1.67. The fourth-order valence-corrected chi connectivity index (χ4v) is 1.08. The van der Waals surface area contributed by atoms with Crippen molar-refractivity contribution in [1.82, 2.24) is 0 Å². The molecule has 1 rings (SSSR count). The molecule has 0 radical (unpaired) electrons.